The molecule has 0 aromatic rings. The van der Waals surface area contributed by atoms with Crippen molar-refractivity contribution in [1.29, 1.82) is 0 Å². The van der Waals surface area contributed by atoms with Gasteiger partial charge >= 0.3 is 11.9 Å². The lowest BCUT2D eigenvalue weighted by Crippen LogP contribution is -2.49. The zero-order chi connectivity index (χ0) is 45.3. The molecule has 0 aliphatic rings. The summed E-state index contributed by atoms with van der Waals surface area (Å²) in [7, 11) is 1.68. The van der Waals surface area contributed by atoms with Crippen molar-refractivity contribution < 1.29 is 53.2 Å². The van der Waals surface area contributed by atoms with E-state index in [0.717, 1.165) is 6.42 Å². The summed E-state index contributed by atoms with van der Waals surface area (Å²) in [6.07, 6.45) is 2.80. The number of likely N-dealkylation sites (N-methyl/N-ethyl adjacent to an activating group) is 1. The van der Waals surface area contributed by atoms with Crippen LogP contribution in [0.15, 0.2) is 0 Å². The van der Waals surface area contributed by atoms with Gasteiger partial charge in [-0.2, -0.15) is 0 Å². The predicted molar refractivity (Wildman–Crippen MR) is 220 cm³/mol. The first-order valence-electron chi connectivity index (χ1n) is 20.2. The highest BCUT2D eigenvalue weighted by atomic mass is 16.5. The number of carboxylic acid groups (broad SMARTS) is 2. The third kappa shape index (κ3) is 22.9. The average Bonchev–Trinajstić information content (AvgIpc) is 3.01. The lowest BCUT2D eigenvalue weighted by Gasteiger charge is -2.33. The van der Waals surface area contributed by atoms with Crippen LogP contribution >= 0.6 is 0 Å². The second-order valence-electron chi connectivity index (χ2n) is 19.2. The zero-order valence-corrected chi connectivity index (χ0v) is 37.5. The molecule has 0 aromatic carbocycles. The van der Waals surface area contributed by atoms with Crippen LogP contribution in [0.5, 0.6) is 0 Å². The second-order valence-corrected chi connectivity index (χ2v) is 19.2. The van der Waals surface area contributed by atoms with E-state index in [1.807, 2.05) is 27.7 Å². The predicted octanol–water partition coefficient (Wildman–Crippen LogP) is 3.16. The minimum atomic E-state index is -1.34. The van der Waals surface area contributed by atoms with Crippen LogP contribution in [0.3, 0.4) is 0 Å². The fourth-order valence-electron chi connectivity index (χ4n) is 6.37. The van der Waals surface area contributed by atoms with Crippen LogP contribution in [0.4, 0.5) is 0 Å². The first-order chi connectivity index (χ1) is 26.3. The number of rotatable bonds is 30. The molecule has 17 heteroatoms. The summed E-state index contributed by atoms with van der Waals surface area (Å²) in [5.74, 6) is -4.17. The SMILES string of the molecule is CNC(CCCCNC(=O)CC(C)(C)OCCC(C)(C)NC(=O)CC(C)(C)OCCC(C)(C)NC(=O)CCC(NC(=O)C(C)(C)CC(C)(C)C(=O)O)C(=O)O)C(N)=O. The van der Waals surface area contributed by atoms with E-state index in [2.05, 4.69) is 26.6 Å². The molecule has 2 atom stereocenters. The molecule has 336 valence electrons. The Morgan fingerprint density at radius 1 is 0.638 bits per heavy atom. The Balaban J connectivity index is 4.77. The molecule has 0 spiro atoms. The molecule has 58 heavy (non-hydrogen) atoms. The van der Waals surface area contributed by atoms with Gasteiger partial charge in [-0.05, 0) is 121 Å². The molecule has 17 nitrogen and oxygen atoms in total. The molecular formula is C41H76N6O11. The van der Waals surface area contributed by atoms with Crippen molar-refractivity contribution in [2.45, 2.75) is 182 Å². The molecule has 0 saturated carbocycles. The van der Waals surface area contributed by atoms with Crippen molar-refractivity contribution >= 4 is 41.5 Å². The van der Waals surface area contributed by atoms with E-state index in [0.29, 0.717) is 38.8 Å². The number of carbonyl (C=O) groups excluding carboxylic acids is 5. The molecule has 0 aliphatic carbocycles. The molecule has 0 rings (SSSR count). The fraction of sp³-hybridized carbons (Fsp3) is 0.829. The van der Waals surface area contributed by atoms with Crippen LogP contribution in [-0.2, 0) is 43.0 Å². The van der Waals surface area contributed by atoms with E-state index in [9.17, 15) is 43.8 Å². The maximum absolute atomic E-state index is 13.0. The molecule has 0 fully saturated rings. The highest BCUT2D eigenvalue weighted by Crippen LogP contribution is 2.34. The van der Waals surface area contributed by atoms with Gasteiger partial charge in [0, 0.05) is 42.7 Å². The number of hydrogen-bond acceptors (Lipinski definition) is 10. The quantitative estimate of drug-likeness (QED) is 0.0486. The maximum atomic E-state index is 13.0. The van der Waals surface area contributed by atoms with Crippen LogP contribution in [0.1, 0.15) is 147 Å². The Morgan fingerprint density at radius 3 is 1.57 bits per heavy atom. The van der Waals surface area contributed by atoms with E-state index >= 15 is 0 Å². The molecule has 0 aliphatic heterocycles. The normalized spacial score (nSPS) is 13.9. The highest BCUT2D eigenvalue weighted by molar-refractivity contribution is 5.88. The number of unbranched alkanes of at least 4 members (excludes halogenated alkanes) is 1. The van der Waals surface area contributed by atoms with Gasteiger partial charge < -0.3 is 52.0 Å². The van der Waals surface area contributed by atoms with E-state index in [-0.39, 0.29) is 56.6 Å². The van der Waals surface area contributed by atoms with Gasteiger partial charge in [0.25, 0.3) is 0 Å². The Kier molecular flexibility index (Phi) is 21.6. The van der Waals surface area contributed by atoms with Crippen molar-refractivity contribution in [3.05, 3.63) is 0 Å². The summed E-state index contributed by atoms with van der Waals surface area (Å²) in [6, 6.07) is -1.73. The molecule has 0 heterocycles. The minimum absolute atomic E-state index is 0.0222. The number of aliphatic carboxylic acids is 2. The third-order valence-corrected chi connectivity index (χ3v) is 9.84. The largest absolute Gasteiger partial charge is 0.481 e. The lowest BCUT2D eigenvalue weighted by molar-refractivity contribution is -0.151. The van der Waals surface area contributed by atoms with E-state index < -0.39 is 68.8 Å². The number of nitrogens with two attached hydrogens (primary N) is 1. The summed E-state index contributed by atoms with van der Waals surface area (Å²) in [4.78, 5) is 86.1. The summed E-state index contributed by atoms with van der Waals surface area (Å²) < 4.78 is 12.1. The molecule has 0 saturated heterocycles. The average molecular weight is 829 g/mol. The third-order valence-electron chi connectivity index (χ3n) is 9.84. The topological polar surface area (TPSA) is 265 Å². The van der Waals surface area contributed by atoms with E-state index in [1.54, 1.807) is 48.6 Å². The Bertz CT molecular complexity index is 1410. The number of primary amides is 1. The van der Waals surface area contributed by atoms with Crippen LogP contribution in [-0.4, -0.2) is 113 Å². The summed E-state index contributed by atoms with van der Waals surface area (Å²) in [5.41, 5.74) is 0.0537. The van der Waals surface area contributed by atoms with Gasteiger partial charge in [0.05, 0.1) is 35.5 Å². The summed E-state index contributed by atoms with van der Waals surface area (Å²) in [5, 5.41) is 33.3. The minimum Gasteiger partial charge on any atom is -0.481 e. The van der Waals surface area contributed by atoms with Gasteiger partial charge in [-0.15, -0.1) is 0 Å². The maximum Gasteiger partial charge on any atom is 0.326 e. The molecular weight excluding hydrogens is 752 g/mol. The molecule has 9 N–H and O–H groups in total. The number of hydrogen-bond donors (Lipinski definition) is 8. The van der Waals surface area contributed by atoms with Crippen molar-refractivity contribution in [3.63, 3.8) is 0 Å². The Labute approximate surface area is 345 Å². The van der Waals surface area contributed by atoms with Gasteiger partial charge in [-0.3, -0.25) is 28.8 Å². The highest BCUT2D eigenvalue weighted by Gasteiger charge is 2.40. The molecule has 0 aromatic heterocycles. The lowest BCUT2D eigenvalue weighted by atomic mass is 9.74. The van der Waals surface area contributed by atoms with Crippen LogP contribution < -0.4 is 32.3 Å². The molecule has 0 bridgehead atoms. The number of amides is 5. The smallest absolute Gasteiger partial charge is 0.326 e. The van der Waals surface area contributed by atoms with Crippen LogP contribution in [0.2, 0.25) is 0 Å². The van der Waals surface area contributed by atoms with E-state index in [4.69, 9.17) is 15.2 Å². The zero-order valence-electron chi connectivity index (χ0n) is 37.5. The van der Waals surface area contributed by atoms with Crippen LogP contribution in [0.25, 0.3) is 0 Å². The van der Waals surface area contributed by atoms with Gasteiger partial charge in [0.15, 0.2) is 0 Å². The first-order valence-corrected chi connectivity index (χ1v) is 20.2. The molecule has 0 radical (unpaired) electrons. The standard InChI is InChI=1S/C41H76N6O11/c1-36(2,26-37(3,4)35(55)56)34(54)45-28(33(52)53)17-18-29(48)46-38(5,6)19-22-58-41(11,12)25-31(50)47-39(7,8)20-23-57-40(9,10)24-30(49)44-21-15-14-16-27(43-13)32(42)51/h27-28,43H,14-26H2,1-13H3,(H2,42,51)(H,44,49)(H,45,54)(H,46,48)(H,47,50)(H,52,53)(H,55,56). The van der Waals surface area contributed by atoms with Crippen molar-refractivity contribution in [1.82, 2.24) is 26.6 Å². The van der Waals surface area contributed by atoms with Gasteiger partial charge in [0.2, 0.25) is 29.5 Å². The van der Waals surface area contributed by atoms with Crippen molar-refractivity contribution in [2.24, 2.45) is 16.6 Å². The number of ether oxygens (including phenoxy) is 2. The monoisotopic (exact) mass is 829 g/mol. The van der Waals surface area contributed by atoms with Gasteiger partial charge in [-0.25, -0.2) is 4.79 Å². The van der Waals surface area contributed by atoms with Crippen molar-refractivity contribution in [2.75, 3.05) is 26.8 Å². The van der Waals surface area contributed by atoms with E-state index in [1.165, 1.54) is 13.8 Å². The first kappa shape index (κ1) is 54.2. The Hall–Kier alpha value is -3.83. The second kappa shape index (κ2) is 23.1. The molecule has 5 amide bonds. The number of carboxylic acids is 2. The van der Waals surface area contributed by atoms with Crippen molar-refractivity contribution in [3.8, 4) is 0 Å². The summed E-state index contributed by atoms with van der Waals surface area (Å²) in [6.45, 7) is 21.7. The Morgan fingerprint density at radius 2 is 1.12 bits per heavy atom. The van der Waals surface area contributed by atoms with Gasteiger partial charge in [0.1, 0.15) is 6.04 Å². The fourth-order valence-corrected chi connectivity index (χ4v) is 6.37. The summed E-state index contributed by atoms with van der Waals surface area (Å²) >= 11 is 0. The number of carbonyl (C=O) groups is 7. The van der Waals surface area contributed by atoms with Gasteiger partial charge in [-0.1, -0.05) is 13.8 Å². The number of nitrogens with one attached hydrogen (secondary N) is 5. The molecule has 2 unspecified atom stereocenters. The van der Waals surface area contributed by atoms with Crippen LogP contribution in [0, 0.1) is 10.8 Å².